The van der Waals surface area contributed by atoms with Gasteiger partial charge in [-0.3, -0.25) is 9.69 Å². The molecule has 7 heteroatoms. The number of benzene rings is 1. The predicted molar refractivity (Wildman–Crippen MR) is 107 cm³/mol. The Morgan fingerprint density at radius 2 is 2.21 bits per heavy atom. The molecule has 3 aliphatic rings. The maximum atomic E-state index is 13.2. The van der Waals surface area contributed by atoms with Gasteiger partial charge in [0.1, 0.15) is 5.75 Å². The third kappa shape index (κ3) is 2.75. The Hall–Kier alpha value is -2.80. The van der Waals surface area contributed by atoms with E-state index >= 15 is 0 Å². The molecule has 2 saturated heterocycles. The first-order chi connectivity index (χ1) is 14.0. The summed E-state index contributed by atoms with van der Waals surface area (Å²) in [5.41, 5.74) is 0.945. The molecule has 4 atom stereocenters. The largest absolute Gasteiger partial charge is 0.508 e. The van der Waals surface area contributed by atoms with Crippen molar-refractivity contribution in [3.8, 4) is 5.75 Å². The molecule has 0 aliphatic carbocycles. The van der Waals surface area contributed by atoms with Crippen molar-refractivity contribution in [2.75, 3.05) is 32.6 Å². The van der Waals surface area contributed by atoms with Gasteiger partial charge in [0.05, 0.1) is 31.5 Å². The number of esters is 1. The van der Waals surface area contributed by atoms with Crippen LogP contribution in [0.3, 0.4) is 0 Å². The molecule has 1 aromatic carbocycles. The van der Waals surface area contributed by atoms with E-state index in [1.54, 1.807) is 12.1 Å². The van der Waals surface area contributed by atoms with Crippen LogP contribution in [0.2, 0.25) is 0 Å². The highest BCUT2D eigenvalue weighted by Crippen LogP contribution is 2.55. The summed E-state index contributed by atoms with van der Waals surface area (Å²) < 4.78 is 10.1. The monoisotopic (exact) mass is 398 g/mol. The zero-order valence-corrected chi connectivity index (χ0v) is 16.7. The van der Waals surface area contributed by atoms with Crippen molar-refractivity contribution >= 4 is 17.6 Å². The van der Waals surface area contributed by atoms with Crippen molar-refractivity contribution in [2.45, 2.75) is 24.3 Å². The molecule has 7 nitrogen and oxygen atoms in total. The third-order valence-electron chi connectivity index (χ3n) is 6.75. The van der Waals surface area contributed by atoms with Gasteiger partial charge in [0.15, 0.2) is 0 Å². The summed E-state index contributed by atoms with van der Waals surface area (Å²) in [6.45, 7) is 5.38. The predicted octanol–water partition coefficient (Wildman–Crippen LogP) is 2.18. The minimum Gasteiger partial charge on any atom is -0.508 e. The second-order valence-corrected chi connectivity index (χ2v) is 7.93. The van der Waals surface area contributed by atoms with Crippen LogP contribution in [-0.2, 0) is 24.5 Å². The molecular weight excluding hydrogens is 372 g/mol. The van der Waals surface area contributed by atoms with Crippen molar-refractivity contribution < 1.29 is 24.2 Å². The summed E-state index contributed by atoms with van der Waals surface area (Å²) in [6.07, 6.45) is 4.47. The van der Waals surface area contributed by atoms with Crippen LogP contribution in [0.25, 0.3) is 0 Å². The standard InChI is InChI=1S/C22H26N2O5/c1-4-13-11-24-9-8-22(19-16(23-21(22)27)6-5-7-17(19)25)18(24)10-14(13)15(12-28-2)20(26)29-3/h4-7,12-14,18,25H,1,8-11H2,2-3H3,(H,23,27)/b15-12+/t13-,14-,18-,22+/m0/s1. The Kier molecular flexibility index (Phi) is 4.86. The number of amides is 1. The molecule has 154 valence electrons. The number of nitrogens with one attached hydrogen (secondary N) is 1. The summed E-state index contributed by atoms with van der Waals surface area (Å²) in [5, 5.41) is 13.6. The number of phenols is 1. The maximum Gasteiger partial charge on any atom is 0.337 e. The normalized spacial score (nSPS) is 31.2. The van der Waals surface area contributed by atoms with Gasteiger partial charge in [0, 0.05) is 29.8 Å². The first-order valence-electron chi connectivity index (χ1n) is 9.79. The van der Waals surface area contributed by atoms with Gasteiger partial charge in [0.2, 0.25) is 5.91 Å². The molecule has 2 fully saturated rings. The topological polar surface area (TPSA) is 88.1 Å². The van der Waals surface area contributed by atoms with Gasteiger partial charge in [-0.1, -0.05) is 12.1 Å². The molecule has 2 N–H and O–H groups in total. The molecule has 29 heavy (non-hydrogen) atoms. The first kappa shape index (κ1) is 19.5. The van der Waals surface area contributed by atoms with Gasteiger partial charge >= 0.3 is 5.97 Å². The van der Waals surface area contributed by atoms with Crippen LogP contribution in [0.4, 0.5) is 5.69 Å². The summed E-state index contributed by atoms with van der Waals surface area (Å²) in [5.74, 6) is -0.573. The van der Waals surface area contributed by atoms with Gasteiger partial charge in [-0.25, -0.2) is 4.79 Å². The van der Waals surface area contributed by atoms with E-state index in [-0.39, 0.29) is 29.5 Å². The highest BCUT2D eigenvalue weighted by atomic mass is 16.5. The Morgan fingerprint density at radius 1 is 1.41 bits per heavy atom. The number of carbonyl (C=O) groups excluding carboxylic acids is 2. The van der Waals surface area contributed by atoms with E-state index < -0.39 is 11.4 Å². The highest BCUT2D eigenvalue weighted by molar-refractivity contribution is 6.08. The first-order valence-corrected chi connectivity index (χ1v) is 9.79. The van der Waals surface area contributed by atoms with Gasteiger partial charge < -0.3 is 19.9 Å². The number of rotatable bonds is 4. The minimum atomic E-state index is -0.834. The molecule has 1 aromatic rings. The van der Waals surface area contributed by atoms with Crippen LogP contribution >= 0.6 is 0 Å². The molecule has 4 rings (SSSR count). The highest BCUT2D eigenvalue weighted by Gasteiger charge is 2.61. The van der Waals surface area contributed by atoms with E-state index in [1.807, 2.05) is 12.1 Å². The zero-order chi connectivity index (χ0) is 20.8. The summed E-state index contributed by atoms with van der Waals surface area (Å²) >= 11 is 0. The summed E-state index contributed by atoms with van der Waals surface area (Å²) in [6, 6.07) is 5.03. The number of hydrogen-bond donors (Lipinski definition) is 2. The smallest absolute Gasteiger partial charge is 0.337 e. The summed E-state index contributed by atoms with van der Waals surface area (Å²) in [4.78, 5) is 27.9. The second-order valence-electron chi connectivity index (χ2n) is 7.93. The van der Waals surface area contributed by atoms with Gasteiger partial charge in [-0.15, -0.1) is 6.58 Å². The number of phenolic OH excluding ortho intramolecular Hbond substituents is 1. The van der Waals surface area contributed by atoms with Gasteiger partial charge in [0.25, 0.3) is 0 Å². The number of fused-ring (bicyclic) bond motifs is 4. The lowest BCUT2D eigenvalue weighted by atomic mass is 9.67. The molecule has 1 spiro atoms. The average molecular weight is 398 g/mol. The molecule has 1 amide bonds. The molecular formula is C22H26N2O5. The summed E-state index contributed by atoms with van der Waals surface area (Å²) in [7, 11) is 2.84. The molecule has 0 saturated carbocycles. The third-order valence-corrected chi connectivity index (χ3v) is 6.75. The lowest BCUT2D eigenvalue weighted by molar-refractivity contribution is -0.137. The molecule has 0 radical (unpaired) electrons. The average Bonchev–Trinajstić information content (AvgIpc) is 3.24. The van der Waals surface area contributed by atoms with Crippen LogP contribution in [-0.4, -0.2) is 55.2 Å². The zero-order valence-electron chi connectivity index (χ0n) is 16.7. The van der Waals surface area contributed by atoms with E-state index in [9.17, 15) is 14.7 Å². The van der Waals surface area contributed by atoms with Gasteiger partial charge in [-0.05, 0) is 37.4 Å². The number of hydrogen-bond acceptors (Lipinski definition) is 6. The lowest BCUT2D eigenvalue weighted by Crippen LogP contribution is -2.53. The van der Waals surface area contributed by atoms with E-state index in [0.29, 0.717) is 36.2 Å². The van der Waals surface area contributed by atoms with Crippen molar-refractivity contribution in [3.63, 3.8) is 0 Å². The number of piperidine rings is 1. The van der Waals surface area contributed by atoms with Crippen molar-refractivity contribution in [2.24, 2.45) is 11.8 Å². The Morgan fingerprint density at radius 3 is 2.90 bits per heavy atom. The molecule has 3 heterocycles. The lowest BCUT2D eigenvalue weighted by Gasteiger charge is -2.44. The fourth-order valence-corrected chi connectivity index (χ4v) is 5.48. The van der Waals surface area contributed by atoms with Crippen LogP contribution in [0.5, 0.6) is 5.75 Å². The van der Waals surface area contributed by atoms with Crippen LogP contribution in [0.15, 0.2) is 42.7 Å². The number of nitrogens with zero attached hydrogens (tertiary/aromatic N) is 1. The quantitative estimate of drug-likeness (QED) is 0.350. The Bertz CT molecular complexity index is 895. The van der Waals surface area contributed by atoms with Crippen molar-refractivity contribution in [1.82, 2.24) is 4.90 Å². The Balaban J connectivity index is 1.78. The van der Waals surface area contributed by atoms with E-state index in [1.165, 1.54) is 20.5 Å². The minimum absolute atomic E-state index is 0.0233. The number of aromatic hydroxyl groups is 1. The van der Waals surface area contributed by atoms with Crippen LogP contribution in [0.1, 0.15) is 18.4 Å². The number of carbonyl (C=O) groups is 2. The van der Waals surface area contributed by atoms with E-state index in [0.717, 1.165) is 6.54 Å². The number of methoxy groups -OCH3 is 2. The fourth-order valence-electron chi connectivity index (χ4n) is 5.48. The van der Waals surface area contributed by atoms with Crippen molar-refractivity contribution in [1.29, 1.82) is 0 Å². The second kappa shape index (κ2) is 7.22. The molecule has 0 bridgehead atoms. The van der Waals surface area contributed by atoms with E-state index in [4.69, 9.17) is 9.47 Å². The van der Waals surface area contributed by atoms with E-state index in [2.05, 4.69) is 16.8 Å². The maximum absolute atomic E-state index is 13.2. The number of anilines is 1. The van der Waals surface area contributed by atoms with Crippen molar-refractivity contribution in [3.05, 3.63) is 48.3 Å². The number of ether oxygens (including phenoxy) is 2. The fraction of sp³-hybridized carbons (Fsp3) is 0.455. The van der Waals surface area contributed by atoms with Crippen LogP contribution in [0, 0.1) is 11.8 Å². The van der Waals surface area contributed by atoms with Crippen LogP contribution < -0.4 is 5.32 Å². The Labute approximate surface area is 170 Å². The molecule has 0 unspecified atom stereocenters. The van der Waals surface area contributed by atoms with Gasteiger partial charge in [-0.2, -0.15) is 0 Å². The molecule has 0 aromatic heterocycles. The molecule has 3 aliphatic heterocycles. The SMILES string of the molecule is C=C[C@H]1CN2CC[C@@]3(C(=O)Nc4cccc(O)c43)[C@@H]2C[C@@H]1/C(=C\OC)C(=O)OC.